The smallest absolute Gasteiger partial charge is 0.238 e. The maximum atomic E-state index is 14.6. The van der Waals surface area contributed by atoms with E-state index in [0.29, 0.717) is 17.9 Å². The van der Waals surface area contributed by atoms with Crippen molar-refractivity contribution >= 4 is 34.0 Å². The highest BCUT2D eigenvalue weighted by atomic mass is 19.1. The third kappa shape index (κ3) is 4.87. The Labute approximate surface area is 224 Å². The van der Waals surface area contributed by atoms with Gasteiger partial charge < -0.3 is 20.5 Å². The van der Waals surface area contributed by atoms with Gasteiger partial charge >= 0.3 is 0 Å². The molecule has 4 heterocycles. The first-order valence-electron chi connectivity index (χ1n) is 12.5. The number of carbonyl (C=O) groups excluding carboxylic acids is 1. The minimum atomic E-state index is -0.264. The molecule has 0 atom stereocenters. The van der Waals surface area contributed by atoms with Crippen LogP contribution < -0.4 is 10.6 Å². The third-order valence-electron chi connectivity index (χ3n) is 6.52. The van der Waals surface area contributed by atoms with E-state index in [0.717, 1.165) is 50.4 Å². The van der Waals surface area contributed by atoms with Crippen molar-refractivity contribution in [2.75, 3.05) is 37.9 Å². The Morgan fingerprint density at radius 3 is 2.64 bits per heavy atom. The van der Waals surface area contributed by atoms with Crippen LogP contribution in [0.5, 0.6) is 0 Å². The molecule has 3 N–H and O–H groups in total. The number of fused-ring (bicyclic) bond motifs is 2. The first-order chi connectivity index (χ1) is 19.0. The van der Waals surface area contributed by atoms with Crippen LogP contribution in [0.1, 0.15) is 11.3 Å². The number of H-pyrrole nitrogens is 1. The van der Waals surface area contributed by atoms with Crippen molar-refractivity contribution in [1.82, 2.24) is 19.9 Å². The molecule has 0 fully saturated rings. The Morgan fingerprint density at radius 1 is 0.974 bits per heavy atom. The molecular weight excluding hydrogens is 493 g/mol. The summed E-state index contributed by atoms with van der Waals surface area (Å²) < 4.78 is 14.6. The lowest BCUT2D eigenvalue weighted by atomic mass is 9.99. The van der Waals surface area contributed by atoms with E-state index in [2.05, 4.69) is 25.6 Å². The number of anilines is 2. The lowest BCUT2D eigenvalue weighted by molar-refractivity contribution is -0.116. The van der Waals surface area contributed by atoms with Crippen LogP contribution in [0.15, 0.2) is 84.2 Å². The lowest BCUT2D eigenvalue weighted by Gasteiger charge is -2.18. The molecule has 9 heteroatoms. The van der Waals surface area contributed by atoms with Gasteiger partial charge in [-0.3, -0.25) is 14.8 Å². The predicted molar refractivity (Wildman–Crippen MR) is 152 cm³/mol. The highest BCUT2D eigenvalue weighted by Crippen LogP contribution is 2.33. The summed E-state index contributed by atoms with van der Waals surface area (Å²) >= 11 is 0. The molecule has 0 radical (unpaired) electrons. The van der Waals surface area contributed by atoms with Crippen LogP contribution in [-0.2, 0) is 4.79 Å². The van der Waals surface area contributed by atoms with E-state index >= 15 is 0 Å². The SMILES string of the molecule is CN(C)CC(=O)Nc1cncc(-c2cnc3c(c2)C(c2cc4c(-c5ccccc5F)cccc4[nH]2)=NCN3)c1. The minimum Gasteiger partial charge on any atom is -0.353 e. The molecule has 0 saturated carbocycles. The van der Waals surface area contributed by atoms with Crippen LogP contribution in [0, 0.1) is 5.82 Å². The van der Waals surface area contributed by atoms with Crippen molar-refractivity contribution in [3.63, 3.8) is 0 Å². The number of hydrogen-bond acceptors (Lipinski definition) is 6. The van der Waals surface area contributed by atoms with E-state index in [1.165, 1.54) is 6.07 Å². The summed E-state index contributed by atoms with van der Waals surface area (Å²) in [5, 5.41) is 7.03. The summed E-state index contributed by atoms with van der Waals surface area (Å²) in [5.41, 5.74) is 6.93. The third-order valence-corrected chi connectivity index (χ3v) is 6.52. The number of nitrogens with one attached hydrogen (secondary N) is 3. The van der Waals surface area contributed by atoms with E-state index in [4.69, 9.17) is 4.99 Å². The molecule has 0 saturated heterocycles. The zero-order chi connectivity index (χ0) is 26.9. The largest absolute Gasteiger partial charge is 0.353 e. The van der Waals surface area contributed by atoms with Crippen molar-refractivity contribution in [2.24, 2.45) is 4.99 Å². The number of aliphatic imine (C=N–C) groups is 1. The highest BCUT2D eigenvalue weighted by molar-refractivity contribution is 6.18. The van der Waals surface area contributed by atoms with Gasteiger partial charge in [-0.25, -0.2) is 9.37 Å². The Balaban J connectivity index is 1.37. The molecule has 0 aliphatic carbocycles. The van der Waals surface area contributed by atoms with E-state index in [-0.39, 0.29) is 18.3 Å². The molecule has 1 aliphatic rings. The summed E-state index contributed by atoms with van der Waals surface area (Å²) in [6, 6.07) is 18.5. The standard InChI is InChI=1S/C30H26FN7O/c1-38(2)16-28(39)36-20-10-18(13-32-15-20)19-11-24-29(34-17-35-30(24)33-14-19)27-12-23-21(7-5-9-26(23)37-27)22-6-3-4-8-25(22)31/h3-15,37H,16-17H2,1-2H3,(H,33,35)(H,36,39). The van der Waals surface area contributed by atoms with Gasteiger partial charge in [0.15, 0.2) is 0 Å². The summed E-state index contributed by atoms with van der Waals surface area (Å²) in [4.78, 5) is 31.2. The second-order valence-electron chi connectivity index (χ2n) is 9.64. The maximum absolute atomic E-state index is 14.6. The fraction of sp³-hybridized carbons (Fsp3) is 0.133. The van der Waals surface area contributed by atoms with Crippen LogP contribution in [0.2, 0.25) is 0 Å². The molecule has 8 nitrogen and oxygen atoms in total. The Kier molecular flexibility index (Phi) is 6.34. The average molecular weight is 520 g/mol. The van der Waals surface area contributed by atoms with Crippen molar-refractivity contribution in [2.45, 2.75) is 0 Å². The topological polar surface area (TPSA) is 98.3 Å². The molecule has 2 aromatic carbocycles. The van der Waals surface area contributed by atoms with E-state index in [9.17, 15) is 9.18 Å². The molecule has 0 spiro atoms. The number of rotatable bonds is 6. The maximum Gasteiger partial charge on any atom is 0.238 e. The van der Waals surface area contributed by atoms with Crippen LogP contribution >= 0.6 is 0 Å². The molecule has 39 heavy (non-hydrogen) atoms. The van der Waals surface area contributed by atoms with Gasteiger partial charge in [0.2, 0.25) is 5.91 Å². The number of amides is 1. The summed E-state index contributed by atoms with van der Waals surface area (Å²) in [6.45, 7) is 0.665. The van der Waals surface area contributed by atoms with Gasteiger partial charge in [0.05, 0.1) is 29.8 Å². The first kappa shape index (κ1) is 24.4. The van der Waals surface area contributed by atoms with Crippen molar-refractivity contribution in [3.8, 4) is 22.3 Å². The Morgan fingerprint density at radius 2 is 1.79 bits per heavy atom. The minimum absolute atomic E-state index is 0.116. The van der Waals surface area contributed by atoms with Gasteiger partial charge in [0.1, 0.15) is 18.3 Å². The molecule has 1 aliphatic heterocycles. The zero-order valence-corrected chi connectivity index (χ0v) is 21.5. The number of carbonyl (C=O) groups is 1. The number of halogens is 1. The van der Waals surface area contributed by atoms with Gasteiger partial charge in [-0.2, -0.15) is 0 Å². The van der Waals surface area contributed by atoms with Crippen LogP contribution in [0.4, 0.5) is 15.9 Å². The van der Waals surface area contributed by atoms with Crippen molar-refractivity contribution in [3.05, 3.63) is 96.3 Å². The molecule has 3 aromatic heterocycles. The van der Waals surface area contributed by atoms with Gasteiger partial charge in [-0.15, -0.1) is 0 Å². The summed E-state index contributed by atoms with van der Waals surface area (Å²) in [7, 11) is 3.68. The summed E-state index contributed by atoms with van der Waals surface area (Å²) in [6.07, 6.45) is 5.13. The lowest BCUT2D eigenvalue weighted by Crippen LogP contribution is -2.27. The monoisotopic (exact) mass is 519 g/mol. The molecular formula is C30H26FN7O. The Hall–Kier alpha value is -4.89. The molecule has 194 valence electrons. The molecule has 0 bridgehead atoms. The number of aromatic amines is 1. The van der Waals surface area contributed by atoms with Gasteiger partial charge in [0, 0.05) is 45.6 Å². The van der Waals surface area contributed by atoms with Crippen LogP contribution in [0.3, 0.4) is 0 Å². The fourth-order valence-corrected chi connectivity index (χ4v) is 4.80. The fourth-order valence-electron chi connectivity index (χ4n) is 4.80. The average Bonchev–Trinajstić information content (AvgIpc) is 3.37. The number of nitrogens with zero attached hydrogens (tertiary/aromatic N) is 4. The summed E-state index contributed by atoms with van der Waals surface area (Å²) in [5.74, 6) is 0.342. The predicted octanol–water partition coefficient (Wildman–Crippen LogP) is 5.15. The number of hydrogen-bond donors (Lipinski definition) is 3. The van der Waals surface area contributed by atoms with Crippen molar-refractivity contribution < 1.29 is 9.18 Å². The van der Waals surface area contributed by atoms with E-state index in [1.807, 2.05) is 56.6 Å². The molecule has 0 unspecified atom stereocenters. The second kappa shape index (κ2) is 10.1. The van der Waals surface area contributed by atoms with Crippen molar-refractivity contribution in [1.29, 1.82) is 0 Å². The number of aromatic nitrogens is 3. The van der Waals surface area contributed by atoms with E-state index in [1.54, 1.807) is 35.6 Å². The molecule has 1 amide bonds. The normalized spacial score (nSPS) is 12.7. The highest BCUT2D eigenvalue weighted by Gasteiger charge is 2.21. The quantitative estimate of drug-likeness (QED) is 0.288. The first-order valence-corrected chi connectivity index (χ1v) is 12.5. The van der Waals surface area contributed by atoms with E-state index < -0.39 is 0 Å². The molecule has 6 rings (SSSR count). The number of benzene rings is 2. The van der Waals surface area contributed by atoms with Gasteiger partial charge in [-0.1, -0.05) is 30.3 Å². The Bertz CT molecular complexity index is 1740. The number of pyridine rings is 2. The second-order valence-corrected chi connectivity index (χ2v) is 9.64. The van der Waals surface area contributed by atoms with Crippen LogP contribution in [-0.4, -0.2) is 58.8 Å². The van der Waals surface area contributed by atoms with Gasteiger partial charge in [-0.05, 0) is 50.0 Å². The molecule has 5 aromatic rings. The van der Waals surface area contributed by atoms with Crippen LogP contribution in [0.25, 0.3) is 33.2 Å². The van der Waals surface area contributed by atoms with Gasteiger partial charge in [0.25, 0.3) is 0 Å². The number of likely N-dealkylation sites (N-methyl/N-ethyl adjacent to an activating group) is 1. The zero-order valence-electron chi connectivity index (χ0n) is 21.5.